The van der Waals surface area contributed by atoms with Crippen LogP contribution in [0.4, 0.5) is 17.1 Å². The SMILES string of the molecule is CC1(C)c2ccccc2-c2ccc(-c3ccc(N(c4ccc(-c5ccccc5)cc4)c4ccc(-c5cccc6c5C5(c7ccccc7-6)c6ccccc6C6C=CC=CC65)c5ccccc45)cc3)cc21. The van der Waals surface area contributed by atoms with E-state index in [1.54, 1.807) is 0 Å². The lowest BCUT2D eigenvalue weighted by atomic mass is 9.64. The molecule has 4 aliphatic carbocycles. The van der Waals surface area contributed by atoms with Crippen LogP contribution in [0.3, 0.4) is 0 Å². The summed E-state index contributed by atoms with van der Waals surface area (Å²) in [4.78, 5) is 2.46. The molecule has 4 aliphatic rings. The third-order valence-corrected chi connectivity index (χ3v) is 16.2. The van der Waals surface area contributed by atoms with Crippen molar-refractivity contribution in [1.82, 2.24) is 0 Å². The van der Waals surface area contributed by atoms with Crippen molar-refractivity contribution in [2.75, 3.05) is 4.90 Å². The largest absolute Gasteiger partial charge is 0.310 e. The van der Waals surface area contributed by atoms with Crippen LogP contribution in [-0.2, 0) is 10.8 Å². The quantitative estimate of drug-likeness (QED) is 0.161. The van der Waals surface area contributed by atoms with Crippen LogP contribution in [-0.4, -0.2) is 0 Å². The normalized spacial score (nSPS) is 18.3. The van der Waals surface area contributed by atoms with E-state index in [9.17, 15) is 0 Å². The Bertz CT molecular complexity index is 3760. The van der Waals surface area contributed by atoms with E-state index in [1.807, 2.05) is 0 Å². The minimum absolute atomic E-state index is 0.0590. The molecule has 14 rings (SSSR count). The first-order valence-electron chi connectivity index (χ1n) is 24.5. The van der Waals surface area contributed by atoms with Crippen molar-refractivity contribution in [2.24, 2.45) is 5.92 Å². The number of fused-ring (bicyclic) bond motifs is 14. The minimum Gasteiger partial charge on any atom is -0.310 e. The highest BCUT2D eigenvalue weighted by atomic mass is 15.1. The first-order valence-corrected chi connectivity index (χ1v) is 24.5. The maximum atomic E-state index is 2.49. The maximum Gasteiger partial charge on any atom is 0.0544 e. The smallest absolute Gasteiger partial charge is 0.0544 e. The molecule has 0 N–H and O–H groups in total. The molecular formula is C68H49N. The molecule has 0 fully saturated rings. The molecule has 0 aromatic heterocycles. The zero-order valence-corrected chi connectivity index (χ0v) is 38.8. The molecule has 10 aromatic rings. The molecule has 1 heteroatoms. The zero-order chi connectivity index (χ0) is 45.8. The second kappa shape index (κ2) is 15.1. The van der Waals surface area contributed by atoms with Crippen molar-refractivity contribution < 1.29 is 0 Å². The van der Waals surface area contributed by atoms with E-state index in [4.69, 9.17) is 0 Å². The van der Waals surface area contributed by atoms with Crippen LogP contribution in [0.5, 0.6) is 0 Å². The third kappa shape index (κ3) is 5.71. The highest BCUT2D eigenvalue weighted by Crippen LogP contribution is 2.67. The molecule has 0 amide bonds. The van der Waals surface area contributed by atoms with Crippen molar-refractivity contribution >= 4 is 27.8 Å². The van der Waals surface area contributed by atoms with Gasteiger partial charge >= 0.3 is 0 Å². The standard InChI is InChI=1S/C68H49N/c1-67(2)60-27-12-8-20-52(60)56-40-35-47(43-64(56)67)46-33-38-49(39-34-46)69(48-36-31-45(32-37-48)44-17-4-3-5-18-44)65-42-41-51(50-19-6-7-24-57(50)65)58-25-16-26-59-55-23-11-15-30-63(55)68(66(58)59)61-28-13-9-21-53(61)54-22-10-14-29-62(54)68/h3-43,53,61H,1-2H3. The Hall–Kier alpha value is -8.26. The highest BCUT2D eigenvalue weighted by molar-refractivity contribution is 6.08. The van der Waals surface area contributed by atoms with Gasteiger partial charge in [-0.05, 0) is 131 Å². The maximum absolute atomic E-state index is 2.49. The summed E-state index contributed by atoms with van der Waals surface area (Å²) < 4.78 is 0. The molecular weight excluding hydrogens is 831 g/mol. The molecule has 69 heavy (non-hydrogen) atoms. The molecule has 3 unspecified atom stereocenters. The van der Waals surface area contributed by atoms with Crippen LogP contribution in [0.1, 0.15) is 53.1 Å². The van der Waals surface area contributed by atoms with Crippen LogP contribution in [0.15, 0.2) is 249 Å². The molecule has 0 aliphatic heterocycles. The van der Waals surface area contributed by atoms with Gasteiger partial charge in [-0.1, -0.05) is 226 Å². The van der Waals surface area contributed by atoms with E-state index in [0.29, 0.717) is 5.92 Å². The van der Waals surface area contributed by atoms with E-state index in [0.717, 1.165) is 17.1 Å². The van der Waals surface area contributed by atoms with Gasteiger partial charge in [-0.25, -0.2) is 0 Å². The molecule has 1 spiro atoms. The van der Waals surface area contributed by atoms with Gasteiger partial charge in [-0.3, -0.25) is 0 Å². The lowest BCUT2D eigenvalue weighted by Crippen LogP contribution is -2.33. The van der Waals surface area contributed by atoms with Crippen LogP contribution in [0.2, 0.25) is 0 Å². The average Bonchev–Trinajstić information content (AvgIpc) is 3.98. The Kier molecular flexibility index (Phi) is 8.74. The van der Waals surface area contributed by atoms with Crippen molar-refractivity contribution in [3.05, 3.63) is 282 Å². The Balaban J connectivity index is 0.934. The highest BCUT2D eigenvalue weighted by Gasteiger charge is 2.57. The Morgan fingerprint density at radius 3 is 1.64 bits per heavy atom. The average molecular weight is 880 g/mol. The van der Waals surface area contributed by atoms with Gasteiger partial charge in [0, 0.05) is 34.0 Å². The number of hydrogen-bond donors (Lipinski definition) is 0. The molecule has 0 radical (unpaired) electrons. The fourth-order valence-corrected chi connectivity index (χ4v) is 13.2. The summed E-state index contributed by atoms with van der Waals surface area (Å²) in [6.07, 6.45) is 9.45. The van der Waals surface area contributed by atoms with Gasteiger partial charge in [0.05, 0.1) is 11.1 Å². The number of nitrogens with zero attached hydrogens (tertiary/aromatic N) is 1. The fraction of sp³-hybridized carbons (Fsp3) is 0.0882. The minimum atomic E-state index is -0.336. The summed E-state index contributed by atoms with van der Waals surface area (Å²) in [6.45, 7) is 4.72. The summed E-state index contributed by atoms with van der Waals surface area (Å²) in [6, 6.07) is 84.3. The second-order valence-electron chi connectivity index (χ2n) is 19.9. The molecule has 3 atom stereocenters. The first-order chi connectivity index (χ1) is 34.0. The molecule has 0 saturated heterocycles. The zero-order valence-electron chi connectivity index (χ0n) is 38.8. The van der Waals surface area contributed by atoms with Gasteiger partial charge in [0.15, 0.2) is 0 Å². The number of allylic oxidation sites excluding steroid dienone is 4. The molecule has 10 aromatic carbocycles. The summed E-state index contributed by atoms with van der Waals surface area (Å²) >= 11 is 0. The van der Waals surface area contributed by atoms with Gasteiger partial charge in [0.1, 0.15) is 0 Å². The van der Waals surface area contributed by atoms with E-state index < -0.39 is 0 Å². The molecule has 1 nitrogen and oxygen atoms in total. The lowest BCUT2D eigenvalue weighted by molar-refractivity contribution is 0.466. The van der Waals surface area contributed by atoms with E-state index in [-0.39, 0.29) is 16.7 Å². The number of rotatable bonds is 6. The topological polar surface area (TPSA) is 3.24 Å². The second-order valence-corrected chi connectivity index (χ2v) is 19.9. The molecule has 0 bridgehead atoms. The van der Waals surface area contributed by atoms with Crippen LogP contribution in [0.25, 0.3) is 66.4 Å². The lowest BCUT2D eigenvalue weighted by Gasteiger charge is -2.37. The van der Waals surface area contributed by atoms with Gasteiger partial charge < -0.3 is 4.90 Å². The van der Waals surface area contributed by atoms with E-state index in [1.165, 1.54) is 99.8 Å². The van der Waals surface area contributed by atoms with E-state index >= 15 is 0 Å². The monoisotopic (exact) mass is 879 g/mol. The molecule has 0 heterocycles. The Labute approximate surface area is 405 Å². The predicted molar refractivity (Wildman–Crippen MR) is 289 cm³/mol. The van der Waals surface area contributed by atoms with Crippen molar-refractivity contribution in [3.63, 3.8) is 0 Å². The predicted octanol–water partition coefficient (Wildman–Crippen LogP) is 17.8. The van der Waals surface area contributed by atoms with Crippen LogP contribution in [0, 0.1) is 5.92 Å². The number of benzene rings is 10. The number of anilines is 3. The van der Waals surface area contributed by atoms with Crippen molar-refractivity contribution in [2.45, 2.75) is 30.6 Å². The van der Waals surface area contributed by atoms with Gasteiger partial charge in [-0.2, -0.15) is 0 Å². The fourth-order valence-electron chi connectivity index (χ4n) is 13.2. The van der Waals surface area contributed by atoms with Gasteiger partial charge in [-0.15, -0.1) is 0 Å². The van der Waals surface area contributed by atoms with Gasteiger partial charge in [0.25, 0.3) is 0 Å². The molecule has 0 saturated carbocycles. The Morgan fingerprint density at radius 1 is 0.362 bits per heavy atom. The summed E-state index contributed by atoms with van der Waals surface area (Å²) in [7, 11) is 0. The number of hydrogen-bond acceptors (Lipinski definition) is 1. The van der Waals surface area contributed by atoms with E-state index in [2.05, 4.69) is 268 Å². The first kappa shape index (κ1) is 39.9. The van der Waals surface area contributed by atoms with Crippen molar-refractivity contribution in [1.29, 1.82) is 0 Å². The summed E-state index contributed by atoms with van der Waals surface area (Å²) in [5, 5.41) is 2.44. The van der Waals surface area contributed by atoms with Crippen LogP contribution < -0.4 is 4.90 Å². The summed E-state index contributed by atoms with van der Waals surface area (Å²) in [5.41, 5.74) is 24.2. The third-order valence-electron chi connectivity index (χ3n) is 16.2. The summed E-state index contributed by atoms with van der Waals surface area (Å²) in [5.74, 6) is 0.559. The van der Waals surface area contributed by atoms with Crippen LogP contribution >= 0.6 is 0 Å². The Morgan fingerprint density at radius 2 is 0.884 bits per heavy atom. The van der Waals surface area contributed by atoms with Crippen molar-refractivity contribution in [3.8, 4) is 55.6 Å². The van der Waals surface area contributed by atoms with Gasteiger partial charge in [0.2, 0.25) is 0 Å². The molecule has 326 valence electrons.